The molecule has 1 aromatic rings. The molecule has 4 heteroatoms. The van der Waals surface area contributed by atoms with Crippen LogP contribution in [0.25, 0.3) is 0 Å². The Kier molecular flexibility index (Phi) is 1.60. The second kappa shape index (κ2) is 2.41. The Bertz CT molecular complexity index is 193. The molecule has 0 aliphatic carbocycles. The molecule has 0 fully saturated rings. The first-order chi connectivity index (χ1) is 4.34. The predicted molar refractivity (Wildman–Crippen MR) is 29.9 cm³/mol. The molecule has 9 heavy (non-hydrogen) atoms. The van der Waals surface area contributed by atoms with Crippen LogP contribution in [0.2, 0.25) is 0 Å². The number of rotatable bonds is 2. The van der Waals surface area contributed by atoms with Gasteiger partial charge in [0.25, 0.3) is 0 Å². The molecule has 0 bridgehead atoms. The highest BCUT2D eigenvalue weighted by Gasteiger charge is 2.04. The summed E-state index contributed by atoms with van der Waals surface area (Å²) in [7, 11) is 0. The Labute approximate surface area is 51.6 Å². The van der Waals surface area contributed by atoms with E-state index in [4.69, 9.17) is 5.73 Å². The Morgan fingerprint density at radius 2 is 2.67 bits per heavy atom. The maximum Gasteiger partial charge on any atom is 0.198 e. The highest BCUT2D eigenvalue weighted by molar-refractivity contribution is 5.95. The third-order valence-electron chi connectivity index (χ3n) is 0.909. The van der Waals surface area contributed by atoms with Crippen LogP contribution in [-0.4, -0.2) is 17.5 Å². The number of ketones is 1. The fourth-order valence-corrected chi connectivity index (χ4v) is 0.461. The predicted octanol–water partition coefficient (Wildman–Crippen LogP) is -0.184. The molecule has 1 aromatic heterocycles. The number of Topliss-reactive ketones (excluding diaryl/α,β-unsaturated/α-hetero) is 1. The maximum absolute atomic E-state index is 10.6. The van der Waals surface area contributed by atoms with Crippen molar-refractivity contribution >= 4 is 5.78 Å². The number of hydrogen-bond donors (Lipinski definition) is 1. The minimum atomic E-state index is -0.205. The summed E-state index contributed by atoms with van der Waals surface area (Å²) in [5.41, 5.74) is 5.32. The largest absolute Gasteiger partial charge is 0.364 e. The average molecular weight is 126 g/mol. The maximum atomic E-state index is 10.6. The lowest BCUT2D eigenvalue weighted by Crippen LogP contribution is -2.13. The van der Waals surface area contributed by atoms with Gasteiger partial charge in [-0.15, -0.1) is 0 Å². The molecule has 0 amide bonds. The minimum Gasteiger partial charge on any atom is -0.364 e. The van der Waals surface area contributed by atoms with Gasteiger partial charge in [0.1, 0.15) is 6.26 Å². The molecule has 0 aliphatic heterocycles. The second-order valence-electron chi connectivity index (χ2n) is 1.51. The molecule has 0 atom stereocenters. The Balaban J connectivity index is 2.77. The third kappa shape index (κ3) is 1.14. The standard InChI is InChI=1S/C5H6N2O2/c6-3-5(8)4-1-2-9-7-4/h1-2H,3,6H2. The van der Waals surface area contributed by atoms with Crippen LogP contribution in [0.3, 0.4) is 0 Å². The fraction of sp³-hybridized carbons (Fsp3) is 0.200. The van der Waals surface area contributed by atoms with Crippen molar-refractivity contribution in [3.8, 4) is 0 Å². The van der Waals surface area contributed by atoms with Crippen LogP contribution in [0.4, 0.5) is 0 Å². The minimum absolute atomic E-state index is 0.0213. The van der Waals surface area contributed by atoms with Gasteiger partial charge in [0, 0.05) is 6.07 Å². The van der Waals surface area contributed by atoms with Gasteiger partial charge < -0.3 is 10.3 Å². The zero-order chi connectivity index (χ0) is 6.69. The highest BCUT2D eigenvalue weighted by Crippen LogP contribution is 1.93. The monoisotopic (exact) mass is 126 g/mol. The summed E-state index contributed by atoms with van der Waals surface area (Å²) >= 11 is 0. The van der Waals surface area contributed by atoms with Gasteiger partial charge in [0.05, 0.1) is 6.54 Å². The second-order valence-corrected chi connectivity index (χ2v) is 1.51. The number of hydrogen-bond acceptors (Lipinski definition) is 4. The van der Waals surface area contributed by atoms with Gasteiger partial charge in [-0.3, -0.25) is 4.79 Å². The van der Waals surface area contributed by atoms with Crippen molar-refractivity contribution in [2.24, 2.45) is 5.73 Å². The Morgan fingerprint density at radius 1 is 1.89 bits per heavy atom. The van der Waals surface area contributed by atoms with Crippen molar-refractivity contribution in [3.63, 3.8) is 0 Å². The highest BCUT2D eigenvalue weighted by atomic mass is 16.5. The van der Waals surface area contributed by atoms with Crippen molar-refractivity contribution in [2.45, 2.75) is 0 Å². The zero-order valence-corrected chi connectivity index (χ0v) is 4.70. The molecule has 0 radical (unpaired) electrons. The summed E-state index contributed by atoms with van der Waals surface area (Å²) in [6.07, 6.45) is 1.34. The van der Waals surface area contributed by atoms with Gasteiger partial charge >= 0.3 is 0 Å². The lowest BCUT2D eigenvalue weighted by atomic mass is 10.3. The molecule has 0 aliphatic rings. The van der Waals surface area contributed by atoms with Gasteiger partial charge in [-0.2, -0.15) is 0 Å². The van der Waals surface area contributed by atoms with E-state index in [9.17, 15) is 4.79 Å². The number of nitrogens with two attached hydrogens (primary N) is 1. The molecule has 4 nitrogen and oxygen atoms in total. The first-order valence-corrected chi connectivity index (χ1v) is 2.48. The van der Waals surface area contributed by atoms with Crippen LogP contribution in [0, 0.1) is 0 Å². The molecule has 0 saturated carbocycles. The van der Waals surface area contributed by atoms with Gasteiger partial charge in [-0.25, -0.2) is 0 Å². The van der Waals surface area contributed by atoms with E-state index in [1.54, 1.807) is 0 Å². The van der Waals surface area contributed by atoms with Crippen LogP contribution in [0.15, 0.2) is 16.9 Å². The van der Waals surface area contributed by atoms with Crippen molar-refractivity contribution in [2.75, 3.05) is 6.54 Å². The van der Waals surface area contributed by atoms with Crippen molar-refractivity contribution in [1.29, 1.82) is 0 Å². The molecule has 1 heterocycles. The van der Waals surface area contributed by atoms with Gasteiger partial charge in [0.2, 0.25) is 0 Å². The molecule has 0 spiro atoms. The molecule has 0 saturated heterocycles. The first-order valence-electron chi connectivity index (χ1n) is 2.48. The number of carbonyl (C=O) groups excluding carboxylic acids is 1. The Hall–Kier alpha value is -1.16. The molecule has 48 valence electrons. The number of aromatic nitrogens is 1. The van der Waals surface area contributed by atoms with Crippen LogP contribution >= 0.6 is 0 Å². The first kappa shape index (κ1) is 5.97. The zero-order valence-electron chi connectivity index (χ0n) is 4.70. The average Bonchev–Trinajstić information content (AvgIpc) is 2.37. The van der Waals surface area contributed by atoms with E-state index >= 15 is 0 Å². The fourth-order valence-electron chi connectivity index (χ4n) is 0.461. The lowest BCUT2D eigenvalue weighted by Gasteiger charge is -1.84. The summed E-state index contributed by atoms with van der Waals surface area (Å²) in [4.78, 5) is 10.6. The molecular formula is C5H6N2O2. The van der Waals surface area contributed by atoms with E-state index in [1.807, 2.05) is 0 Å². The third-order valence-corrected chi connectivity index (χ3v) is 0.909. The van der Waals surface area contributed by atoms with Gasteiger partial charge in [-0.05, 0) is 0 Å². The van der Waals surface area contributed by atoms with Crippen LogP contribution in [0.5, 0.6) is 0 Å². The summed E-state index contributed by atoms with van der Waals surface area (Å²) in [6, 6.07) is 1.48. The summed E-state index contributed by atoms with van der Waals surface area (Å²) in [5, 5.41) is 3.38. The lowest BCUT2D eigenvalue weighted by molar-refractivity contribution is 0.0993. The Morgan fingerprint density at radius 3 is 3.11 bits per heavy atom. The quantitative estimate of drug-likeness (QED) is 0.558. The molecule has 0 aromatic carbocycles. The van der Waals surface area contributed by atoms with E-state index in [2.05, 4.69) is 9.68 Å². The van der Waals surface area contributed by atoms with Gasteiger partial charge in [0.15, 0.2) is 11.5 Å². The van der Waals surface area contributed by atoms with Crippen LogP contribution in [-0.2, 0) is 0 Å². The van der Waals surface area contributed by atoms with E-state index in [1.165, 1.54) is 12.3 Å². The van der Waals surface area contributed by atoms with E-state index in [-0.39, 0.29) is 18.0 Å². The summed E-state index contributed by atoms with van der Waals surface area (Å²) < 4.78 is 4.41. The molecule has 0 unspecified atom stereocenters. The molecule has 2 N–H and O–H groups in total. The topological polar surface area (TPSA) is 69.1 Å². The molecular weight excluding hydrogens is 120 g/mol. The normalized spacial score (nSPS) is 9.44. The smallest absolute Gasteiger partial charge is 0.198 e. The van der Waals surface area contributed by atoms with E-state index in [0.717, 1.165) is 0 Å². The van der Waals surface area contributed by atoms with Crippen molar-refractivity contribution < 1.29 is 9.32 Å². The SMILES string of the molecule is NCC(=O)c1ccon1. The van der Waals surface area contributed by atoms with Gasteiger partial charge in [-0.1, -0.05) is 5.16 Å². The number of nitrogens with zero attached hydrogens (tertiary/aromatic N) is 1. The van der Waals surface area contributed by atoms with E-state index in [0.29, 0.717) is 0 Å². The molecule has 1 rings (SSSR count). The number of carbonyl (C=O) groups is 1. The van der Waals surface area contributed by atoms with Crippen molar-refractivity contribution in [3.05, 3.63) is 18.0 Å². The summed E-state index contributed by atoms with van der Waals surface area (Å²) in [5.74, 6) is -0.205. The van der Waals surface area contributed by atoms with E-state index < -0.39 is 0 Å². The summed E-state index contributed by atoms with van der Waals surface area (Å²) in [6.45, 7) is -0.0213. The van der Waals surface area contributed by atoms with Crippen LogP contribution in [0.1, 0.15) is 10.5 Å². The van der Waals surface area contributed by atoms with Crippen LogP contribution < -0.4 is 5.73 Å². The van der Waals surface area contributed by atoms with Crippen molar-refractivity contribution in [1.82, 2.24) is 5.16 Å².